The number of carbonyl (C=O) groups is 1. The fourth-order valence-corrected chi connectivity index (χ4v) is 3.78. The number of halogens is 2. The highest BCUT2D eigenvalue weighted by molar-refractivity contribution is 5.75. The second-order valence-electron chi connectivity index (χ2n) is 7.59. The number of hydrogen-bond acceptors (Lipinski definition) is 1. The topological polar surface area (TPSA) is 37.3 Å². The number of hydrogen-bond donors (Lipinski definition) is 1. The van der Waals surface area contributed by atoms with Crippen LogP contribution in [0.5, 0.6) is 0 Å². The van der Waals surface area contributed by atoms with E-state index in [4.69, 9.17) is 5.11 Å². The summed E-state index contributed by atoms with van der Waals surface area (Å²) in [4.78, 5) is 10.3. The minimum Gasteiger partial charge on any atom is -0.477 e. The van der Waals surface area contributed by atoms with Crippen LogP contribution in [0.2, 0.25) is 0 Å². The lowest BCUT2D eigenvalue weighted by Gasteiger charge is -2.21. The van der Waals surface area contributed by atoms with E-state index in [1.54, 1.807) is 0 Å². The summed E-state index contributed by atoms with van der Waals surface area (Å²) >= 11 is 0. The average Bonchev–Trinajstić information content (AvgIpc) is 2.56. The molecule has 4 heteroatoms. The molecular formula is C20H36F2O2. The third-order valence-electron chi connectivity index (χ3n) is 5.39. The summed E-state index contributed by atoms with van der Waals surface area (Å²) in [5, 5.41) is 8.33. The monoisotopic (exact) mass is 346 g/mol. The first-order valence-corrected chi connectivity index (χ1v) is 10.1. The molecule has 1 aliphatic rings. The summed E-state index contributed by atoms with van der Waals surface area (Å²) in [6.07, 6.45) is 19.0. The van der Waals surface area contributed by atoms with E-state index in [2.05, 4.69) is 0 Å². The van der Waals surface area contributed by atoms with Crippen LogP contribution in [0.1, 0.15) is 109 Å². The van der Waals surface area contributed by atoms with Gasteiger partial charge in [-0.1, -0.05) is 96.3 Å². The number of unbranched alkanes of at least 4 members (excludes halogenated alkanes) is 9. The van der Waals surface area contributed by atoms with E-state index in [-0.39, 0.29) is 0 Å². The van der Waals surface area contributed by atoms with Crippen molar-refractivity contribution >= 4 is 5.97 Å². The van der Waals surface area contributed by atoms with Gasteiger partial charge in [-0.3, -0.25) is 0 Å². The molecule has 142 valence electrons. The Morgan fingerprint density at radius 1 is 0.792 bits per heavy atom. The molecule has 0 radical (unpaired) electrons. The molecule has 0 amide bonds. The number of rotatable bonds is 14. The van der Waals surface area contributed by atoms with E-state index < -0.39 is 18.3 Å². The van der Waals surface area contributed by atoms with E-state index in [0.29, 0.717) is 12.8 Å². The van der Waals surface area contributed by atoms with Crippen LogP contribution in [0.3, 0.4) is 0 Å². The SMILES string of the molecule is O=C(O)C(F)(F)CCCCCCCCCCCCC1CCCCC1. The van der Waals surface area contributed by atoms with Crippen molar-refractivity contribution in [2.45, 2.75) is 115 Å². The Hall–Kier alpha value is -0.670. The van der Waals surface area contributed by atoms with Crippen molar-refractivity contribution in [3.05, 3.63) is 0 Å². The van der Waals surface area contributed by atoms with Gasteiger partial charge < -0.3 is 5.11 Å². The van der Waals surface area contributed by atoms with E-state index in [1.165, 1.54) is 77.0 Å². The van der Waals surface area contributed by atoms with Crippen LogP contribution >= 0.6 is 0 Å². The van der Waals surface area contributed by atoms with Crippen LogP contribution in [0.4, 0.5) is 8.78 Å². The minimum atomic E-state index is -3.54. The Kier molecular flexibility index (Phi) is 11.3. The standard InChI is InChI=1S/C20H36F2O2/c21-20(22,19(23)24)17-13-8-6-4-2-1-3-5-7-10-14-18-15-11-9-12-16-18/h18H,1-17H2,(H,23,24). The molecule has 1 fully saturated rings. The lowest BCUT2D eigenvalue weighted by molar-refractivity contribution is -0.165. The zero-order chi connectivity index (χ0) is 17.7. The normalized spacial score (nSPS) is 16.4. The minimum absolute atomic E-state index is 0.306. The summed E-state index contributed by atoms with van der Waals surface area (Å²) in [7, 11) is 0. The highest BCUT2D eigenvalue weighted by Crippen LogP contribution is 2.28. The van der Waals surface area contributed by atoms with Crippen LogP contribution in [-0.4, -0.2) is 17.0 Å². The summed E-state index contributed by atoms with van der Waals surface area (Å²) in [6.45, 7) is 0. The zero-order valence-corrected chi connectivity index (χ0v) is 15.2. The van der Waals surface area contributed by atoms with Crippen molar-refractivity contribution < 1.29 is 18.7 Å². The van der Waals surface area contributed by atoms with Crippen molar-refractivity contribution in [3.63, 3.8) is 0 Å². The Morgan fingerprint density at radius 3 is 1.75 bits per heavy atom. The van der Waals surface area contributed by atoms with Gasteiger partial charge in [0.25, 0.3) is 0 Å². The Morgan fingerprint density at radius 2 is 1.25 bits per heavy atom. The molecule has 0 aromatic rings. The van der Waals surface area contributed by atoms with Gasteiger partial charge in [0.2, 0.25) is 0 Å². The van der Waals surface area contributed by atoms with E-state index >= 15 is 0 Å². The first kappa shape index (κ1) is 21.4. The third kappa shape index (κ3) is 10.2. The molecule has 24 heavy (non-hydrogen) atoms. The Labute approximate surface area is 146 Å². The lowest BCUT2D eigenvalue weighted by atomic mass is 9.85. The Balaban J connectivity index is 1.78. The summed E-state index contributed by atoms with van der Waals surface area (Å²) in [5.74, 6) is -4.53. The van der Waals surface area contributed by atoms with Gasteiger partial charge in [0.15, 0.2) is 0 Å². The molecule has 0 aromatic heterocycles. The molecule has 0 bridgehead atoms. The molecule has 0 spiro atoms. The molecule has 0 aliphatic heterocycles. The van der Waals surface area contributed by atoms with Gasteiger partial charge >= 0.3 is 11.9 Å². The number of aliphatic carboxylic acids is 1. The largest absolute Gasteiger partial charge is 0.477 e. The van der Waals surface area contributed by atoms with Crippen molar-refractivity contribution in [1.82, 2.24) is 0 Å². The fourth-order valence-electron chi connectivity index (χ4n) is 3.78. The van der Waals surface area contributed by atoms with Crippen LogP contribution in [0, 0.1) is 5.92 Å². The van der Waals surface area contributed by atoms with E-state index in [0.717, 1.165) is 18.8 Å². The quantitative estimate of drug-likeness (QED) is 0.345. The molecule has 1 rings (SSSR count). The maximum atomic E-state index is 12.8. The first-order chi connectivity index (χ1) is 11.5. The molecule has 0 atom stereocenters. The van der Waals surface area contributed by atoms with Crippen LogP contribution in [0.15, 0.2) is 0 Å². The Bertz CT molecular complexity index is 326. The van der Waals surface area contributed by atoms with Crippen LogP contribution in [-0.2, 0) is 4.79 Å². The predicted octanol–water partition coefficient (Wildman–Crippen LogP) is 6.97. The van der Waals surface area contributed by atoms with Gasteiger partial charge in [-0.05, 0) is 12.3 Å². The molecule has 1 aliphatic carbocycles. The van der Waals surface area contributed by atoms with E-state index in [1.807, 2.05) is 0 Å². The third-order valence-corrected chi connectivity index (χ3v) is 5.39. The predicted molar refractivity (Wildman–Crippen MR) is 94.6 cm³/mol. The number of alkyl halides is 2. The van der Waals surface area contributed by atoms with Gasteiger partial charge in [-0.25, -0.2) is 4.79 Å². The van der Waals surface area contributed by atoms with Gasteiger partial charge in [0.1, 0.15) is 0 Å². The maximum Gasteiger partial charge on any atom is 0.374 e. The van der Waals surface area contributed by atoms with Gasteiger partial charge in [-0.15, -0.1) is 0 Å². The molecule has 1 N–H and O–H groups in total. The lowest BCUT2D eigenvalue weighted by Crippen LogP contribution is -2.27. The number of carboxylic acid groups (broad SMARTS) is 1. The van der Waals surface area contributed by atoms with Gasteiger partial charge in [0, 0.05) is 6.42 Å². The van der Waals surface area contributed by atoms with Crippen molar-refractivity contribution in [1.29, 1.82) is 0 Å². The molecular weight excluding hydrogens is 310 g/mol. The van der Waals surface area contributed by atoms with Gasteiger partial charge in [0.05, 0.1) is 0 Å². The molecule has 1 saturated carbocycles. The van der Waals surface area contributed by atoms with Crippen molar-refractivity contribution in [2.24, 2.45) is 5.92 Å². The number of carboxylic acids is 1. The first-order valence-electron chi connectivity index (χ1n) is 10.1. The zero-order valence-electron chi connectivity index (χ0n) is 15.2. The molecule has 0 heterocycles. The van der Waals surface area contributed by atoms with Crippen molar-refractivity contribution in [2.75, 3.05) is 0 Å². The smallest absolute Gasteiger partial charge is 0.374 e. The average molecular weight is 347 g/mol. The molecule has 0 aromatic carbocycles. The second-order valence-corrected chi connectivity index (χ2v) is 7.59. The summed E-state index contributed by atoms with van der Waals surface area (Å²) in [6, 6.07) is 0. The molecule has 0 unspecified atom stereocenters. The van der Waals surface area contributed by atoms with Crippen LogP contribution in [0.25, 0.3) is 0 Å². The maximum absolute atomic E-state index is 12.8. The highest BCUT2D eigenvalue weighted by Gasteiger charge is 2.37. The van der Waals surface area contributed by atoms with Crippen LogP contribution < -0.4 is 0 Å². The van der Waals surface area contributed by atoms with Gasteiger partial charge in [-0.2, -0.15) is 8.78 Å². The van der Waals surface area contributed by atoms with E-state index in [9.17, 15) is 13.6 Å². The second kappa shape index (κ2) is 12.7. The van der Waals surface area contributed by atoms with Crippen molar-refractivity contribution in [3.8, 4) is 0 Å². The fraction of sp³-hybridized carbons (Fsp3) is 0.950. The molecule has 2 nitrogen and oxygen atoms in total. The highest BCUT2D eigenvalue weighted by atomic mass is 19.3. The summed E-state index contributed by atoms with van der Waals surface area (Å²) in [5.41, 5.74) is 0. The molecule has 0 saturated heterocycles. The summed E-state index contributed by atoms with van der Waals surface area (Å²) < 4.78 is 25.7.